The van der Waals surface area contributed by atoms with Gasteiger partial charge in [-0.3, -0.25) is 10.2 Å². The van der Waals surface area contributed by atoms with Crippen LogP contribution in [0.15, 0.2) is 18.2 Å². The summed E-state index contributed by atoms with van der Waals surface area (Å²) in [6, 6.07) is 5.58. The number of ether oxygens (including phenoxy) is 1. The Hall–Kier alpha value is -1.26. The molecule has 100 valence electrons. The van der Waals surface area contributed by atoms with E-state index in [-0.39, 0.29) is 5.91 Å². The zero-order valence-electron chi connectivity index (χ0n) is 10.9. The van der Waals surface area contributed by atoms with Crippen LogP contribution in [0.4, 0.5) is 0 Å². The van der Waals surface area contributed by atoms with Gasteiger partial charge in [-0.05, 0) is 30.0 Å². The molecule has 1 atom stereocenters. The second kappa shape index (κ2) is 6.61. The number of hydrazine groups is 1. The molecule has 1 unspecified atom stereocenters. The van der Waals surface area contributed by atoms with Gasteiger partial charge in [-0.1, -0.05) is 38.4 Å². The molecule has 3 N–H and O–H groups in total. The zero-order valence-corrected chi connectivity index (χ0v) is 11.6. The Balaban J connectivity index is 2.87. The first-order valence-electron chi connectivity index (χ1n) is 5.96. The molecule has 1 aromatic carbocycles. The molecular weight excluding hydrogens is 252 g/mol. The van der Waals surface area contributed by atoms with E-state index in [1.54, 1.807) is 6.07 Å². The van der Waals surface area contributed by atoms with Crippen molar-refractivity contribution >= 4 is 17.5 Å². The van der Waals surface area contributed by atoms with Crippen LogP contribution in [-0.2, 0) is 4.79 Å². The molecule has 0 aliphatic rings. The molecule has 1 aromatic rings. The summed E-state index contributed by atoms with van der Waals surface area (Å²) in [6.07, 6.45) is -0.108. The molecule has 4 nitrogen and oxygen atoms in total. The van der Waals surface area contributed by atoms with Gasteiger partial charge in [-0.2, -0.15) is 0 Å². The first-order chi connectivity index (χ1) is 8.49. The number of nitrogens with two attached hydrogens (primary N) is 1. The van der Waals surface area contributed by atoms with Gasteiger partial charge < -0.3 is 4.74 Å². The highest BCUT2D eigenvalue weighted by Gasteiger charge is 2.18. The Morgan fingerprint density at radius 3 is 2.61 bits per heavy atom. The lowest BCUT2D eigenvalue weighted by Crippen LogP contribution is -2.41. The largest absolute Gasteiger partial charge is 0.479 e. The third-order valence-corrected chi connectivity index (χ3v) is 2.99. The molecule has 5 heteroatoms. The molecule has 0 aliphatic carbocycles. The van der Waals surface area contributed by atoms with E-state index in [1.165, 1.54) is 0 Å². The van der Waals surface area contributed by atoms with Gasteiger partial charge >= 0.3 is 0 Å². The number of carbonyl (C=O) groups is 1. The van der Waals surface area contributed by atoms with E-state index >= 15 is 0 Å². The van der Waals surface area contributed by atoms with Gasteiger partial charge in [-0.15, -0.1) is 0 Å². The smallest absolute Gasteiger partial charge is 0.274 e. The second-order valence-corrected chi connectivity index (χ2v) is 4.78. The van der Waals surface area contributed by atoms with E-state index in [4.69, 9.17) is 22.2 Å². The van der Waals surface area contributed by atoms with E-state index in [2.05, 4.69) is 19.3 Å². The molecule has 18 heavy (non-hydrogen) atoms. The SMILES string of the molecule is CCC(Oc1ccc(C(C)C)cc1Cl)C(=O)NN. The van der Waals surface area contributed by atoms with Crippen LogP contribution < -0.4 is 16.0 Å². The van der Waals surface area contributed by atoms with Crippen molar-refractivity contribution in [3.05, 3.63) is 28.8 Å². The van der Waals surface area contributed by atoms with Gasteiger partial charge in [0.05, 0.1) is 5.02 Å². The van der Waals surface area contributed by atoms with Gasteiger partial charge in [0.25, 0.3) is 5.91 Å². The minimum atomic E-state index is -0.627. The average Bonchev–Trinajstić information content (AvgIpc) is 2.36. The quantitative estimate of drug-likeness (QED) is 0.491. The van der Waals surface area contributed by atoms with Crippen molar-refractivity contribution in [2.45, 2.75) is 39.2 Å². The maximum Gasteiger partial charge on any atom is 0.274 e. The average molecular weight is 271 g/mol. The number of carbonyl (C=O) groups excluding carboxylic acids is 1. The molecule has 0 fully saturated rings. The Kier molecular flexibility index (Phi) is 5.44. The fourth-order valence-corrected chi connectivity index (χ4v) is 1.77. The Morgan fingerprint density at radius 2 is 2.17 bits per heavy atom. The van der Waals surface area contributed by atoms with Gasteiger partial charge in [-0.25, -0.2) is 5.84 Å². The number of benzene rings is 1. The number of hydrogen-bond donors (Lipinski definition) is 2. The summed E-state index contributed by atoms with van der Waals surface area (Å²) >= 11 is 6.13. The summed E-state index contributed by atoms with van der Waals surface area (Å²) in [5.74, 6) is 5.62. The molecule has 0 heterocycles. The summed E-state index contributed by atoms with van der Waals surface area (Å²) in [7, 11) is 0. The van der Waals surface area contributed by atoms with Crippen LogP contribution in [0, 0.1) is 0 Å². The number of halogens is 1. The molecule has 0 radical (unpaired) electrons. The Labute approximate surface area is 112 Å². The summed E-state index contributed by atoms with van der Waals surface area (Å²) in [6.45, 7) is 6.02. The van der Waals surface area contributed by atoms with Gasteiger partial charge in [0.15, 0.2) is 6.10 Å². The van der Waals surface area contributed by atoms with Crippen molar-refractivity contribution in [1.29, 1.82) is 0 Å². The molecule has 1 amide bonds. The first-order valence-corrected chi connectivity index (χ1v) is 6.34. The third-order valence-electron chi connectivity index (χ3n) is 2.70. The summed E-state index contributed by atoms with van der Waals surface area (Å²) in [5.41, 5.74) is 3.21. The van der Waals surface area contributed by atoms with Crippen LogP contribution in [0.1, 0.15) is 38.7 Å². The number of hydrogen-bond acceptors (Lipinski definition) is 3. The molecular formula is C13H19ClN2O2. The molecule has 0 spiro atoms. The van der Waals surface area contributed by atoms with Gasteiger partial charge in [0.2, 0.25) is 0 Å². The molecule has 0 saturated carbocycles. The highest BCUT2D eigenvalue weighted by atomic mass is 35.5. The monoisotopic (exact) mass is 270 g/mol. The van der Waals surface area contributed by atoms with E-state index in [1.807, 2.05) is 19.1 Å². The van der Waals surface area contributed by atoms with Crippen molar-refractivity contribution in [3.63, 3.8) is 0 Å². The maximum atomic E-state index is 11.4. The zero-order chi connectivity index (χ0) is 13.7. The van der Waals surface area contributed by atoms with E-state index < -0.39 is 6.10 Å². The van der Waals surface area contributed by atoms with Crippen LogP contribution in [0.2, 0.25) is 5.02 Å². The lowest BCUT2D eigenvalue weighted by molar-refractivity contribution is -0.128. The second-order valence-electron chi connectivity index (χ2n) is 4.37. The van der Waals surface area contributed by atoms with E-state index in [9.17, 15) is 4.79 Å². The number of amides is 1. The van der Waals surface area contributed by atoms with Crippen molar-refractivity contribution < 1.29 is 9.53 Å². The van der Waals surface area contributed by atoms with Crippen LogP contribution in [0.5, 0.6) is 5.75 Å². The maximum absolute atomic E-state index is 11.4. The predicted molar refractivity (Wildman–Crippen MR) is 72.6 cm³/mol. The molecule has 1 rings (SSSR count). The molecule has 0 aromatic heterocycles. The fraction of sp³-hybridized carbons (Fsp3) is 0.462. The van der Waals surface area contributed by atoms with Gasteiger partial charge in [0, 0.05) is 0 Å². The van der Waals surface area contributed by atoms with Crippen LogP contribution >= 0.6 is 11.6 Å². The summed E-state index contributed by atoms with van der Waals surface area (Å²) in [5, 5.41) is 0.504. The fourth-order valence-electron chi connectivity index (χ4n) is 1.54. The van der Waals surface area contributed by atoms with Crippen LogP contribution in [0.3, 0.4) is 0 Å². The van der Waals surface area contributed by atoms with Crippen LogP contribution in [0.25, 0.3) is 0 Å². The molecule has 0 bridgehead atoms. The van der Waals surface area contributed by atoms with E-state index in [0.29, 0.717) is 23.1 Å². The lowest BCUT2D eigenvalue weighted by Gasteiger charge is -2.17. The van der Waals surface area contributed by atoms with Crippen molar-refractivity contribution in [3.8, 4) is 5.75 Å². The van der Waals surface area contributed by atoms with Crippen molar-refractivity contribution in [2.75, 3.05) is 0 Å². The molecule has 0 saturated heterocycles. The molecule has 0 aliphatic heterocycles. The number of rotatable bonds is 5. The van der Waals surface area contributed by atoms with Crippen LogP contribution in [-0.4, -0.2) is 12.0 Å². The van der Waals surface area contributed by atoms with Crippen molar-refractivity contribution in [2.24, 2.45) is 5.84 Å². The highest BCUT2D eigenvalue weighted by Crippen LogP contribution is 2.29. The lowest BCUT2D eigenvalue weighted by atomic mass is 10.0. The Bertz CT molecular complexity index is 421. The minimum Gasteiger partial charge on any atom is -0.479 e. The number of nitrogens with one attached hydrogen (secondary N) is 1. The third kappa shape index (κ3) is 3.62. The summed E-state index contributed by atoms with van der Waals surface area (Å²) < 4.78 is 5.56. The van der Waals surface area contributed by atoms with Gasteiger partial charge in [0.1, 0.15) is 5.75 Å². The minimum absolute atomic E-state index is 0.360. The first kappa shape index (κ1) is 14.8. The predicted octanol–water partition coefficient (Wildman–Crippen LogP) is 2.61. The van der Waals surface area contributed by atoms with E-state index in [0.717, 1.165) is 5.56 Å². The Morgan fingerprint density at radius 1 is 1.50 bits per heavy atom. The van der Waals surface area contributed by atoms with Crippen molar-refractivity contribution in [1.82, 2.24) is 5.43 Å². The normalized spacial score (nSPS) is 12.3. The standard InChI is InChI=1S/C13H19ClN2O2/c1-4-11(13(17)16-15)18-12-6-5-9(8(2)3)7-10(12)14/h5-8,11H,4,15H2,1-3H3,(H,16,17). The summed E-state index contributed by atoms with van der Waals surface area (Å²) in [4.78, 5) is 11.4. The topological polar surface area (TPSA) is 64.3 Å². The highest BCUT2D eigenvalue weighted by molar-refractivity contribution is 6.32.